The van der Waals surface area contributed by atoms with Gasteiger partial charge in [-0.1, -0.05) is 129 Å². The minimum absolute atomic E-state index is 0.0867. The van der Waals surface area contributed by atoms with Crippen LogP contribution in [0.3, 0.4) is 0 Å². The van der Waals surface area contributed by atoms with Crippen molar-refractivity contribution in [3.63, 3.8) is 0 Å². The Bertz CT molecular complexity index is 3070. The molecule has 0 atom stereocenters. The smallest absolute Gasteiger partial charge is 0.164 e. The fraction of sp³-hybridized carbons (Fsp3) is 0.0612. The van der Waals surface area contributed by atoms with Crippen LogP contribution < -0.4 is 0 Å². The molecular weight excluding hydrogens is 691 g/mol. The lowest BCUT2D eigenvalue weighted by molar-refractivity contribution is 0.661. The number of hydrogen-bond acceptors (Lipinski definition) is 5. The quantitative estimate of drug-likeness (QED) is 0.177. The lowest BCUT2D eigenvalue weighted by Gasteiger charge is -2.21. The molecule has 0 bridgehead atoms. The van der Waals surface area contributed by atoms with Gasteiger partial charge in [-0.25, -0.2) is 19.9 Å². The average Bonchev–Trinajstić information content (AvgIpc) is 3.89. The molecule has 260 valence electrons. The number of benzene rings is 7. The van der Waals surface area contributed by atoms with E-state index in [1.165, 1.54) is 44.1 Å². The molecule has 3 heterocycles. The van der Waals surface area contributed by atoms with Crippen LogP contribution in [0, 0.1) is 0 Å². The molecule has 7 aromatic carbocycles. The fourth-order valence-corrected chi connectivity index (χ4v) is 9.35. The molecular formula is C49H33N5S. The summed E-state index contributed by atoms with van der Waals surface area (Å²) in [5.41, 5.74) is 13.7. The van der Waals surface area contributed by atoms with Crippen molar-refractivity contribution in [3.05, 3.63) is 175 Å². The highest BCUT2D eigenvalue weighted by molar-refractivity contribution is 7.21. The third kappa shape index (κ3) is 5.06. The Morgan fingerprint density at radius 3 is 1.87 bits per heavy atom. The molecule has 0 amide bonds. The van der Waals surface area contributed by atoms with Gasteiger partial charge in [-0.05, 0) is 70.8 Å². The molecule has 0 fully saturated rings. The molecule has 10 aromatic rings. The Morgan fingerprint density at radius 1 is 0.455 bits per heavy atom. The van der Waals surface area contributed by atoms with Gasteiger partial charge in [0.05, 0.1) is 21.3 Å². The van der Waals surface area contributed by atoms with Crippen LogP contribution in [0.4, 0.5) is 0 Å². The molecule has 0 saturated carbocycles. The maximum atomic E-state index is 5.14. The van der Waals surface area contributed by atoms with Crippen molar-refractivity contribution in [1.29, 1.82) is 0 Å². The first-order valence-electron chi connectivity index (χ1n) is 18.6. The number of nitrogens with zero attached hydrogens (tertiary/aromatic N) is 5. The van der Waals surface area contributed by atoms with Crippen LogP contribution in [0.2, 0.25) is 0 Å². The Hall–Kier alpha value is -6.76. The van der Waals surface area contributed by atoms with E-state index in [9.17, 15) is 0 Å². The van der Waals surface area contributed by atoms with Crippen molar-refractivity contribution >= 4 is 43.4 Å². The molecule has 0 radical (unpaired) electrons. The van der Waals surface area contributed by atoms with Gasteiger partial charge in [0.2, 0.25) is 0 Å². The van der Waals surface area contributed by atoms with Gasteiger partial charge < -0.3 is 4.57 Å². The van der Waals surface area contributed by atoms with Crippen LogP contribution in [0.15, 0.2) is 164 Å². The third-order valence-corrected chi connectivity index (χ3v) is 12.1. The molecule has 0 spiro atoms. The van der Waals surface area contributed by atoms with Crippen LogP contribution in [0.1, 0.15) is 25.0 Å². The van der Waals surface area contributed by atoms with Gasteiger partial charge in [-0.2, -0.15) is 0 Å². The number of hydrogen-bond donors (Lipinski definition) is 0. The minimum Gasteiger partial charge on any atom is -0.309 e. The summed E-state index contributed by atoms with van der Waals surface area (Å²) in [7, 11) is 0. The van der Waals surface area contributed by atoms with E-state index < -0.39 is 0 Å². The Balaban J connectivity index is 1.02. The van der Waals surface area contributed by atoms with E-state index in [-0.39, 0.29) is 5.41 Å². The van der Waals surface area contributed by atoms with Crippen molar-refractivity contribution in [2.45, 2.75) is 19.3 Å². The van der Waals surface area contributed by atoms with Gasteiger partial charge in [0, 0.05) is 44.1 Å². The third-order valence-electron chi connectivity index (χ3n) is 11.1. The molecule has 0 saturated heterocycles. The maximum absolute atomic E-state index is 5.14. The van der Waals surface area contributed by atoms with E-state index >= 15 is 0 Å². The summed E-state index contributed by atoms with van der Waals surface area (Å²) in [6.07, 6.45) is 0. The van der Waals surface area contributed by atoms with E-state index in [0.717, 1.165) is 43.2 Å². The summed E-state index contributed by atoms with van der Waals surface area (Å²) in [5, 5.41) is 3.49. The van der Waals surface area contributed by atoms with Crippen molar-refractivity contribution in [2.75, 3.05) is 0 Å². The van der Waals surface area contributed by atoms with Gasteiger partial charge in [-0.3, -0.25) is 0 Å². The van der Waals surface area contributed by atoms with Gasteiger partial charge in [0.25, 0.3) is 0 Å². The highest BCUT2D eigenvalue weighted by atomic mass is 32.1. The maximum Gasteiger partial charge on any atom is 0.164 e. The van der Waals surface area contributed by atoms with Crippen LogP contribution in [-0.4, -0.2) is 24.5 Å². The predicted octanol–water partition coefficient (Wildman–Crippen LogP) is 12.6. The predicted molar refractivity (Wildman–Crippen MR) is 227 cm³/mol. The van der Waals surface area contributed by atoms with E-state index in [0.29, 0.717) is 17.5 Å². The molecule has 0 unspecified atom stereocenters. The average molecular weight is 724 g/mol. The summed E-state index contributed by atoms with van der Waals surface area (Å²) < 4.78 is 3.50. The molecule has 3 aromatic heterocycles. The lowest BCUT2D eigenvalue weighted by Crippen LogP contribution is -2.14. The van der Waals surface area contributed by atoms with Crippen LogP contribution in [0.25, 0.3) is 93.6 Å². The SMILES string of the molecule is CC1(C)c2ccccc2-c2cc3c4ccccc4n(-c4cccc(-c5nc6ccc(-c7nc(-c8ccccc8)nc(-c8ccccc8)n7)cc6s5)c4)c3cc21. The summed E-state index contributed by atoms with van der Waals surface area (Å²) in [4.78, 5) is 19.9. The Kier molecular flexibility index (Phi) is 7.00. The largest absolute Gasteiger partial charge is 0.309 e. The first kappa shape index (κ1) is 31.7. The standard InChI is InChI=1S/C49H33N5S/c1-49(2)39-22-11-9-20-35(39)37-28-38-36-21-10-12-23-42(36)54(43(38)29-40(37)49)34-19-13-18-33(26-34)48-50-41-25-24-32(27-44(41)55-48)47-52-45(30-14-5-3-6-15-30)51-46(53-47)31-16-7-4-8-17-31/h3-29H,1-2H3. The molecule has 1 aliphatic rings. The lowest BCUT2D eigenvalue weighted by atomic mass is 9.82. The number of aromatic nitrogens is 5. The Morgan fingerprint density at radius 2 is 1.11 bits per heavy atom. The van der Waals surface area contributed by atoms with Crippen molar-refractivity contribution in [3.8, 4) is 61.5 Å². The van der Waals surface area contributed by atoms with E-state index in [2.05, 4.69) is 122 Å². The van der Waals surface area contributed by atoms with Crippen molar-refractivity contribution in [1.82, 2.24) is 24.5 Å². The first-order chi connectivity index (χ1) is 27.0. The highest BCUT2D eigenvalue weighted by Crippen LogP contribution is 2.51. The Labute approximate surface area is 322 Å². The molecule has 6 heteroatoms. The van der Waals surface area contributed by atoms with Gasteiger partial charge >= 0.3 is 0 Å². The summed E-state index contributed by atoms with van der Waals surface area (Å²) in [5.74, 6) is 1.93. The zero-order valence-electron chi connectivity index (χ0n) is 30.2. The van der Waals surface area contributed by atoms with E-state index in [4.69, 9.17) is 19.9 Å². The normalized spacial score (nSPS) is 13.1. The van der Waals surface area contributed by atoms with E-state index in [1.807, 2.05) is 60.7 Å². The number of para-hydroxylation sites is 1. The molecule has 55 heavy (non-hydrogen) atoms. The monoisotopic (exact) mass is 723 g/mol. The van der Waals surface area contributed by atoms with Crippen LogP contribution in [-0.2, 0) is 5.41 Å². The van der Waals surface area contributed by atoms with E-state index in [1.54, 1.807) is 11.3 Å². The van der Waals surface area contributed by atoms with Gasteiger partial charge in [-0.15, -0.1) is 11.3 Å². The fourth-order valence-electron chi connectivity index (χ4n) is 8.34. The van der Waals surface area contributed by atoms with Crippen LogP contribution >= 0.6 is 11.3 Å². The molecule has 5 nitrogen and oxygen atoms in total. The second-order valence-corrected chi connectivity index (χ2v) is 15.8. The molecule has 1 aliphatic carbocycles. The highest BCUT2D eigenvalue weighted by Gasteiger charge is 2.36. The van der Waals surface area contributed by atoms with Gasteiger partial charge in [0.1, 0.15) is 5.01 Å². The second-order valence-electron chi connectivity index (χ2n) is 14.7. The first-order valence-corrected chi connectivity index (χ1v) is 19.4. The number of rotatable bonds is 5. The minimum atomic E-state index is -0.0867. The molecule has 0 aliphatic heterocycles. The zero-order valence-corrected chi connectivity index (χ0v) is 31.0. The summed E-state index contributed by atoms with van der Waals surface area (Å²) >= 11 is 1.69. The number of thiazole rings is 1. The number of fused-ring (bicyclic) bond motifs is 7. The molecule has 11 rings (SSSR count). The summed E-state index contributed by atoms with van der Waals surface area (Å²) in [6, 6.07) is 57.8. The van der Waals surface area contributed by atoms with Crippen molar-refractivity contribution in [2.24, 2.45) is 0 Å². The van der Waals surface area contributed by atoms with Gasteiger partial charge in [0.15, 0.2) is 17.5 Å². The topological polar surface area (TPSA) is 56.5 Å². The van der Waals surface area contributed by atoms with Crippen LogP contribution in [0.5, 0.6) is 0 Å². The molecule has 0 N–H and O–H groups in total. The second kappa shape index (κ2) is 12.1. The zero-order chi connectivity index (χ0) is 36.7. The van der Waals surface area contributed by atoms with Crippen molar-refractivity contribution < 1.29 is 0 Å². The summed E-state index contributed by atoms with van der Waals surface area (Å²) in [6.45, 7) is 4.70.